The molecule has 1 aliphatic carbocycles. The van der Waals surface area contributed by atoms with Crippen molar-refractivity contribution >= 4 is 21.6 Å². The Morgan fingerprint density at radius 3 is 2.24 bits per heavy atom. The van der Waals surface area contributed by atoms with Crippen LogP contribution in [-0.2, 0) is 9.84 Å². The van der Waals surface area contributed by atoms with E-state index in [1.54, 1.807) is 42.1 Å². The van der Waals surface area contributed by atoms with Gasteiger partial charge < -0.3 is 5.11 Å². The minimum absolute atomic E-state index is 0.307. The van der Waals surface area contributed by atoms with Crippen LogP contribution in [0.1, 0.15) is 19.8 Å². The third-order valence-electron chi connectivity index (χ3n) is 4.58. The molecule has 0 heterocycles. The Balaban J connectivity index is 1.97. The predicted octanol–water partition coefficient (Wildman–Crippen LogP) is 4.30. The maximum atomic E-state index is 13.1. The molecule has 1 aliphatic rings. The second-order valence-corrected chi connectivity index (χ2v) is 9.64. The lowest BCUT2D eigenvalue weighted by atomic mass is 10.00. The van der Waals surface area contributed by atoms with Crippen LogP contribution in [0.4, 0.5) is 0 Å². The number of benzene rings is 2. The molecular weight excluding hydrogens is 352 g/mol. The first-order valence-corrected chi connectivity index (χ1v) is 10.8. The van der Waals surface area contributed by atoms with Gasteiger partial charge >= 0.3 is 0 Å². The summed E-state index contributed by atoms with van der Waals surface area (Å²) in [5.74, 6) is -0.348. The maximum absolute atomic E-state index is 13.1. The van der Waals surface area contributed by atoms with Crippen LogP contribution in [0.25, 0.3) is 0 Å². The Kier molecular flexibility index (Phi) is 5.67. The van der Waals surface area contributed by atoms with Gasteiger partial charge in [0.1, 0.15) is 0 Å². The van der Waals surface area contributed by atoms with Crippen LogP contribution in [0.3, 0.4) is 0 Å². The molecule has 1 N–H and O–H groups in total. The number of sulfone groups is 1. The van der Waals surface area contributed by atoms with Crippen LogP contribution < -0.4 is 0 Å². The molecule has 132 valence electrons. The van der Waals surface area contributed by atoms with E-state index in [1.807, 2.05) is 43.3 Å². The monoisotopic (exact) mass is 374 g/mol. The van der Waals surface area contributed by atoms with E-state index in [0.717, 1.165) is 9.80 Å². The van der Waals surface area contributed by atoms with Crippen LogP contribution >= 0.6 is 11.8 Å². The van der Waals surface area contributed by atoms with Gasteiger partial charge in [0.2, 0.25) is 0 Å². The number of thioether (sulfide) groups is 1. The maximum Gasteiger partial charge on any atom is 0.185 e. The van der Waals surface area contributed by atoms with Crippen molar-refractivity contribution in [1.29, 1.82) is 0 Å². The smallest absolute Gasteiger partial charge is 0.185 e. The zero-order valence-electron chi connectivity index (χ0n) is 14.1. The average Bonchev–Trinajstić information content (AvgIpc) is 2.77. The van der Waals surface area contributed by atoms with Gasteiger partial charge in [0.25, 0.3) is 0 Å². The highest BCUT2D eigenvalue weighted by atomic mass is 32.2. The van der Waals surface area contributed by atoms with Crippen molar-refractivity contribution in [3.05, 3.63) is 71.6 Å². The van der Waals surface area contributed by atoms with Gasteiger partial charge in [-0.3, -0.25) is 0 Å². The quantitative estimate of drug-likeness (QED) is 0.867. The second kappa shape index (κ2) is 7.77. The Hall–Kier alpha value is -1.56. The third-order valence-corrected chi connectivity index (χ3v) is 7.91. The third kappa shape index (κ3) is 4.17. The number of aliphatic hydroxyl groups is 1. The molecule has 0 spiro atoms. The molecule has 0 aromatic heterocycles. The summed E-state index contributed by atoms with van der Waals surface area (Å²) in [6.07, 6.45) is 2.48. The summed E-state index contributed by atoms with van der Waals surface area (Å²) in [5.41, 5.74) is 0. The van der Waals surface area contributed by atoms with Gasteiger partial charge in [0.05, 0.1) is 16.2 Å². The molecular formula is C20H22O3S2. The molecule has 25 heavy (non-hydrogen) atoms. The van der Waals surface area contributed by atoms with Crippen LogP contribution in [0.15, 0.2) is 81.4 Å². The van der Waals surface area contributed by atoms with Gasteiger partial charge in [0.15, 0.2) is 9.84 Å². The van der Waals surface area contributed by atoms with Crippen molar-refractivity contribution < 1.29 is 13.5 Å². The number of allylic oxidation sites excluding steroid dienone is 1. The molecule has 0 fully saturated rings. The first kappa shape index (κ1) is 18.2. The van der Waals surface area contributed by atoms with E-state index in [2.05, 4.69) is 0 Å². The van der Waals surface area contributed by atoms with Gasteiger partial charge in [0, 0.05) is 10.8 Å². The van der Waals surface area contributed by atoms with E-state index in [9.17, 15) is 13.5 Å². The largest absolute Gasteiger partial charge is 0.393 e. The Morgan fingerprint density at radius 1 is 1.00 bits per heavy atom. The lowest BCUT2D eigenvalue weighted by molar-refractivity contribution is 0.113. The topological polar surface area (TPSA) is 54.4 Å². The average molecular weight is 375 g/mol. The molecule has 3 atom stereocenters. The van der Waals surface area contributed by atoms with Gasteiger partial charge in [-0.15, -0.1) is 0 Å². The standard InChI is InChI=1S/C20H22O3S2/c1-15-19(21)13-12-17(24-16-8-4-2-5-9-16)14-20(15)25(22,23)18-10-6-3-7-11-18/h2-11,14-15,19-21H,12-13H2,1H3/t15-,19+,20+/m1/s1. The van der Waals surface area contributed by atoms with Crippen LogP contribution in [0, 0.1) is 5.92 Å². The van der Waals surface area contributed by atoms with E-state index >= 15 is 0 Å². The number of hydrogen-bond acceptors (Lipinski definition) is 4. The molecule has 0 radical (unpaired) electrons. The van der Waals surface area contributed by atoms with Gasteiger partial charge in [-0.2, -0.15) is 0 Å². The molecule has 3 nitrogen and oxygen atoms in total. The summed E-state index contributed by atoms with van der Waals surface area (Å²) >= 11 is 1.58. The van der Waals surface area contributed by atoms with E-state index in [-0.39, 0.29) is 5.92 Å². The molecule has 2 aromatic carbocycles. The SMILES string of the molecule is C[C@@H]1[C@@H](O)CCC(Sc2ccccc2)=C[C@@H]1S(=O)(=O)c1ccccc1. The molecule has 3 rings (SSSR count). The molecule has 0 amide bonds. The normalized spacial score (nSPS) is 24.4. The minimum Gasteiger partial charge on any atom is -0.393 e. The molecule has 0 saturated heterocycles. The summed E-state index contributed by atoms with van der Waals surface area (Å²) in [7, 11) is -3.54. The number of rotatable bonds is 4. The lowest BCUT2D eigenvalue weighted by Gasteiger charge is -2.23. The second-order valence-electron chi connectivity index (χ2n) is 6.34. The molecule has 0 aliphatic heterocycles. The zero-order valence-corrected chi connectivity index (χ0v) is 15.7. The fourth-order valence-electron chi connectivity index (χ4n) is 3.05. The first-order valence-electron chi connectivity index (χ1n) is 8.39. The Bertz CT molecular complexity index is 830. The van der Waals surface area contributed by atoms with E-state index in [1.165, 1.54) is 0 Å². The fourth-order valence-corrected chi connectivity index (χ4v) is 6.11. The Labute approximate surface area is 153 Å². The lowest BCUT2D eigenvalue weighted by Crippen LogP contribution is -2.33. The van der Waals surface area contributed by atoms with Crippen LogP contribution in [0.2, 0.25) is 0 Å². The molecule has 0 bridgehead atoms. The predicted molar refractivity (Wildman–Crippen MR) is 102 cm³/mol. The summed E-state index contributed by atoms with van der Waals surface area (Å²) < 4.78 is 26.3. The summed E-state index contributed by atoms with van der Waals surface area (Å²) in [4.78, 5) is 2.38. The molecule has 2 aromatic rings. The highest BCUT2D eigenvalue weighted by Crippen LogP contribution is 2.37. The van der Waals surface area contributed by atoms with E-state index in [0.29, 0.717) is 17.7 Å². The molecule has 0 saturated carbocycles. The summed E-state index contributed by atoms with van der Waals surface area (Å²) in [6.45, 7) is 1.82. The van der Waals surface area contributed by atoms with Gasteiger partial charge in [-0.1, -0.05) is 61.2 Å². The molecule has 5 heteroatoms. The minimum atomic E-state index is -3.54. The Morgan fingerprint density at radius 2 is 1.60 bits per heavy atom. The number of aliphatic hydroxyl groups excluding tert-OH is 1. The van der Waals surface area contributed by atoms with Crippen molar-refractivity contribution in [3.8, 4) is 0 Å². The summed E-state index contributed by atoms with van der Waals surface area (Å²) in [5, 5.41) is 9.69. The highest BCUT2D eigenvalue weighted by molar-refractivity contribution is 8.03. The first-order chi connectivity index (χ1) is 12.0. The van der Waals surface area contributed by atoms with Gasteiger partial charge in [-0.25, -0.2) is 8.42 Å². The zero-order chi connectivity index (χ0) is 17.9. The van der Waals surface area contributed by atoms with Crippen molar-refractivity contribution in [2.24, 2.45) is 5.92 Å². The van der Waals surface area contributed by atoms with Gasteiger partial charge in [-0.05, 0) is 42.0 Å². The summed E-state index contributed by atoms with van der Waals surface area (Å²) in [6, 6.07) is 18.4. The van der Waals surface area contributed by atoms with Crippen molar-refractivity contribution in [1.82, 2.24) is 0 Å². The van der Waals surface area contributed by atoms with E-state index in [4.69, 9.17) is 0 Å². The highest BCUT2D eigenvalue weighted by Gasteiger charge is 2.36. The molecule has 0 unspecified atom stereocenters. The van der Waals surface area contributed by atoms with Crippen molar-refractivity contribution in [3.63, 3.8) is 0 Å². The van der Waals surface area contributed by atoms with Crippen molar-refractivity contribution in [2.75, 3.05) is 0 Å². The van der Waals surface area contributed by atoms with Crippen molar-refractivity contribution in [2.45, 2.75) is 40.9 Å². The fraction of sp³-hybridized carbons (Fsp3) is 0.300. The van der Waals surface area contributed by atoms with Crippen LogP contribution in [0.5, 0.6) is 0 Å². The van der Waals surface area contributed by atoms with Crippen LogP contribution in [-0.4, -0.2) is 24.9 Å². The number of hydrogen-bond donors (Lipinski definition) is 1. The van der Waals surface area contributed by atoms with E-state index < -0.39 is 21.2 Å².